The van der Waals surface area contributed by atoms with Gasteiger partial charge in [0.15, 0.2) is 0 Å². The maximum absolute atomic E-state index is 6.10. The van der Waals surface area contributed by atoms with Crippen LogP contribution in [0.1, 0.15) is 25.8 Å². The highest BCUT2D eigenvalue weighted by Crippen LogP contribution is 2.24. The Labute approximate surface area is 126 Å². The Morgan fingerprint density at radius 3 is 2.68 bits per heavy atom. The predicted octanol–water partition coefficient (Wildman–Crippen LogP) is 3.81. The molecule has 2 nitrogen and oxygen atoms in total. The molecule has 4 heteroatoms. The van der Waals surface area contributed by atoms with Gasteiger partial charge in [0.25, 0.3) is 0 Å². The topological polar surface area (TPSA) is 15.3 Å². The van der Waals surface area contributed by atoms with Gasteiger partial charge in [-0.05, 0) is 36.6 Å². The molecule has 0 radical (unpaired) electrons. The number of nitrogens with zero attached hydrogens (tertiary/aromatic N) is 1. The number of benzene rings is 1. The van der Waals surface area contributed by atoms with Gasteiger partial charge in [-0.2, -0.15) is 0 Å². The number of nitrogens with one attached hydrogen (secondary N) is 1. The van der Waals surface area contributed by atoms with Gasteiger partial charge < -0.3 is 5.32 Å². The van der Waals surface area contributed by atoms with Crippen molar-refractivity contribution in [3.05, 3.63) is 33.8 Å². The molecule has 0 bridgehead atoms. The molecule has 1 N–H and O–H groups in total. The van der Waals surface area contributed by atoms with E-state index in [-0.39, 0.29) is 0 Å². The lowest BCUT2D eigenvalue weighted by atomic mass is 10.1. The van der Waals surface area contributed by atoms with E-state index in [9.17, 15) is 0 Å². The minimum Gasteiger partial charge on any atom is -0.315 e. The van der Waals surface area contributed by atoms with Gasteiger partial charge in [-0.3, -0.25) is 4.90 Å². The fourth-order valence-electron chi connectivity index (χ4n) is 2.64. The monoisotopic (exact) mass is 300 g/mol. The summed E-state index contributed by atoms with van der Waals surface area (Å²) >= 11 is 12.1. The van der Waals surface area contributed by atoms with E-state index < -0.39 is 0 Å². The van der Waals surface area contributed by atoms with Crippen LogP contribution >= 0.6 is 23.2 Å². The maximum atomic E-state index is 6.10. The first-order valence-corrected chi connectivity index (χ1v) is 7.70. The molecule has 1 unspecified atom stereocenters. The predicted molar refractivity (Wildman–Crippen MR) is 83.0 cm³/mol. The summed E-state index contributed by atoms with van der Waals surface area (Å²) in [5.41, 5.74) is 1.24. The van der Waals surface area contributed by atoms with Crippen molar-refractivity contribution in [2.75, 3.05) is 19.6 Å². The van der Waals surface area contributed by atoms with E-state index in [1.807, 2.05) is 12.1 Å². The highest BCUT2D eigenvalue weighted by atomic mass is 35.5. The zero-order chi connectivity index (χ0) is 13.8. The highest BCUT2D eigenvalue weighted by molar-refractivity contribution is 6.42. The molecule has 1 saturated heterocycles. The summed E-state index contributed by atoms with van der Waals surface area (Å²) in [6, 6.07) is 6.58. The molecule has 106 valence electrons. The molecule has 0 spiro atoms. The van der Waals surface area contributed by atoms with Crippen LogP contribution in [0.25, 0.3) is 0 Å². The average Bonchev–Trinajstić information content (AvgIpc) is 2.86. The summed E-state index contributed by atoms with van der Waals surface area (Å²) in [7, 11) is 0. The van der Waals surface area contributed by atoms with Gasteiger partial charge in [0.1, 0.15) is 0 Å². The molecule has 1 fully saturated rings. The normalized spacial score (nSPS) is 19.6. The van der Waals surface area contributed by atoms with Gasteiger partial charge in [-0.15, -0.1) is 0 Å². The van der Waals surface area contributed by atoms with Crippen LogP contribution in [0, 0.1) is 5.92 Å². The van der Waals surface area contributed by atoms with Crippen molar-refractivity contribution >= 4 is 23.2 Å². The van der Waals surface area contributed by atoms with Crippen molar-refractivity contribution in [3.8, 4) is 0 Å². The first-order valence-electron chi connectivity index (χ1n) is 6.95. The lowest BCUT2D eigenvalue weighted by molar-refractivity contribution is 0.177. The van der Waals surface area contributed by atoms with Gasteiger partial charge in [-0.25, -0.2) is 0 Å². The second-order valence-corrected chi connectivity index (χ2v) is 6.53. The van der Waals surface area contributed by atoms with Gasteiger partial charge in [0, 0.05) is 25.7 Å². The van der Waals surface area contributed by atoms with E-state index in [0.717, 1.165) is 26.2 Å². The standard InChI is InChI=1S/C15H22Cl2N2/c1-11(2)9-19(13-5-6-18-8-13)10-12-3-4-14(16)15(17)7-12/h3-4,7,11,13,18H,5-6,8-10H2,1-2H3. The zero-order valence-electron chi connectivity index (χ0n) is 11.6. The summed E-state index contributed by atoms with van der Waals surface area (Å²) < 4.78 is 0. The number of hydrogen-bond acceptors (Lipinski definition) is 2. The number of rotatable bonds is 5. The van der Waals surface area contributed by atoms with Gasteiger partial charge in [0.2, 0.25) is 0 Å². The third-order valence-corrected chi connectivity index (χ3v) is 4.26. The molecular formula is C15H22Cl2N2. The van der Waals surface area contributed by atoms with Crippen molar-refractivity contribution in [2.45, 2.75) is 32.9 Å². The van der Waals surface area contributed by atoms with Crippen molar-refractivity contribution < 1.29 is 0 Å². The molecule has 1 aliphatic rings. The van der Waals surface area contributed by atoms with E-state index in [0.29, 0.717) is 22.0 Å². The molecule has 2 rings (SSSR count). The van der Waals surface area contributed by atoms with Crippen LogP contribution < -0.4 is 5.32 Å². The largest absolute Gasteiger partial charge is 0.315 e. The molecule has 1 atom stereocenters. The molecule has 19 heavy (non-hydrogen) atoms. The Morgan fingerprint density at radius 2 is 2.11 bits per heavy atom. The molecule has 1 aromatic rings. The van der Waals surface area contributed by atoms with Crippen LogP contribution in [-0.4, -0.2) is 30.6 Å². The van der Waals surface area contributed by atoms with Gasteiger partial charge in [0.05, 0.1) is 10.0 Å². The van der Waals surface area contributed by atoms with Crippen LogP contribution in [0.4, 0.5) is 0 Å². The molecule has 0 amide bonds. The molecule has 0 saturated carbocycles. The summed E-state index contributed by atoms with van der Waals surface area (Å²) in [5.74, 6) is 0.670. The quantitative estimate of drug-likeness (QED) is 0.889. The van der Waals surface area contributed by atoms with Crippen LogP contribution in [0.15, 0.2) is 18.2 Å². The first kappa shape index (κ1) is 15.1. The third-order valence-electron chi connectivity index (χ3n) is 3.52. The van der Waals surface area contributed by atoms with Crippen molar-refractivity contribution in [1.82, 2.24) is 10.2 Å². The molecule has 1 aliphatic heterocycles. The van der Waals surface area contributed by atoms with Crippen LogP contribution in [0.3, 0.4) is 0 Å². The average molecular weight is 301 g/mol. The third kappa shape index (κ3) is 4.35. The molecule has 1 aromatic carbocycles. The molecule has 0 aliphatic carbocycles. The molecular weight excluding hydrogens is 279 g/mol. The van der Waals surface area contributed by atoms with Gasteiger partial charge >= 0.3 is 0 Å². The Morgan fingerprint density at radius 1 is 1.32 bits per heavy atom. The number of hydrogen-bond donors (Lipinski definition) is 1. The molecule has 0 aromatic heterocycles. The fourth-order valence-corrected chi connectivity index (χ4v) is 2.96. The van der Waals surface area contributed by atoms with Crippen molar-refractivity contribution in [2.24, 2.45) is 5.92 Å². The second kappa shape index (κ2) is 6.94. The summed E-state index contributed by atoms with van der Waals surface area (Å²) in [4.78, 5) is 2.56. The summed E-state index contributed by atoms with van der Waals surface area (Å²) in [6.45, 7) is 8.82. The van der Waals surface area contributed by atoms with Crippen LogP contribution in [0.5, 0.6) is 0 Å². The fraction of sp³-hybridized carbons (Fsp3) is 0.600. The van der Waals surface area contributed by atoms with Crippen LogP contribution in [0.2, 0.25) is 10.0 Å². The highest BCUT2D eigenvalue weighted by Gasteiger charge is 2.23. The Kier molecular flexibility index (Phi) is 5.52. The lowest BCUT2D eigenvalue weighted by Crippen LogP contribution is -2.38. The van der Waals surface area contributed by atoms with Crippen molar-refractivity contribution in [1.29, 1.82) is 0 Å². The van der Waals surface area contributed by atoms with E-state index in [1.54, 1.807) is 0 Å². The summed E-state index contributed by atoms with van der Waals surface area (Å²) in [6.07, 6.45) is 1.23. The first-order chi connectivity index (χ1) is 9.06. The lowest BCUT2D eigenvalue weighted by Gasteiger charge is -2.30. The summed E-state index contributed by atoms with van der Waals surface area (Å²) in [5, 5.41) is 4.72. The Balaban J connectivity index is 2.07. The van der Waals surface area contributed by atoms with E-state index in [4.69, 9.17) is 23.2 Å². The van der Waals surface area contributed by atoms with E-state index >= 15 is 0 Å². The smallest absolute Gasteiger partial charge is 0.0595 e. The minimum absolute atomic E-state index is 0.628. The Bertz CT molecular complexity index is 415. The van der Waals surface area contributed by atoms with E-state index in [1.165, 1.54) is 12.0 Å². The Hall–Kier alpha value is -0.280. The SMILES string of the molecule is CC(C)CN(Cc1ccc(Cl)c(Cl)c1)C1CCNC1. The van der Waals surface area contributed by atoms with E-state index in [2.05, 4.69) is 30.1 Å². The van der Waals surface area contributed by atoms with Crippen LogP contribution in [-0.2, 0) is 6.54 Å². The zero-order valence-corrected chi connectivity index (χ0v) is 13.1. The van der Waals surface area contributed by atoms with Gasteiger partial charge in [-0.1, -0.05) is 43.1 Å². The molecule has 1 heterocycles. The second-order valence-electron chi connectivity index (χ2n) is 5.72. The maximum Gasteiger partial charge on any atom is 0.0595 e. The number of halogens is 2. The minimum atomic E-state index is 0.628. The van der Waals surface area contributed by atoms with Crippen molar-refractivity contribution in [3.63, 3.8) is 0 Å².